The topological polar surface area (TPSA) is 76.7 Å². The predicted octanol–water partition coefficient (Wildman–Crippen LogP) is 2.59. The highest BCUT2D eigenvalue weighted by atomic mass is 35.5. The van der Waals surface area contributed by atoms with Gasteiger partial charge in [0.05, 0.1) is 23.1 Å². The molecule has 0 aromatic heterocycles. The van der Waals surface area contributed by atoms with Crippen LogP contribution in [0.5, 0.6) is 5.75 Å². The number of benzene rings is 1. The first-order chi connectivity index (χ1) is 13.6. The summed E-state index contributed by atoms with van der Waals surface area (Å²) < 4.78 is 47.9. The lowest BCUT2D eigenvalue weighted by atomic mass is 9.82. The molecule has 0 spiro atoms. The van der Waals surface area contributed by atoms with E-state index in [1.807, 2.05) is 0 Å². The average molecular weight is 433 g/mol. The van der Waals surface area contributed by atoms with Gasteiger partial charge >= 0.3 is 6.18 Å². The highest BCUT2D eigenvalue weighted by Gasteiger charge is 2.85. The number of fused-ring (bicyclic) bond motifs is 1. The fourth-order valence-corrected chi connectivity index (χ4v) is 3.88. The molecule has 3 aliphatic carbocycles. The summed E-state index contributed by atoms with van der Waals surface area (Å²) in [6, 6.07) is 6.63. The predicted molar refractivity (Wildman–Crippen MR) is 96.4 cm³/mol. The lowest BCUT2D eigenvalue weighted by molar-refractivity contribution is -0.219. The molecule has 3 fully saturated rings. The first kappa shape index (κ1) is 20.3. The van der Waals surface area contributed by atoms with Crippen LogP contribution in [0.4, 0.5) is 13.2 Å². The highest BCUT2D eigenvalue weighted by molar-refractivity contribution is 6.30. The first-order valence-electron chi connectivity index (χ1n) is 9.30. The van der Waals surface area contributed by atoms with Crippen molar-refractivity contribution in [3.8, 4) is 5.75 Å². The molecule has 0 heterocycles. The normalized spacial score (nSPS) is 31.9. The van der Waals surface area contributed by atoms with E-state index >= 15 is 0 Å². The van der Waals surface area contributed by atoms with Crippen LogP contribution in [0.25, 0.3) is 0 Å². The third-order valence-corrected chi connectivity index (χ3v) is 6.07. The smallest absolute Gasteiger partial charge is 0.392 e. The van der Waals surface area contributed by atoms with Gasteiger partial charge in [-0.1, -0.05) is 11.6 Å². The molecule has 0 bridgehead atoms. The Morgan fingerprint density at radius 2 is 1.59 bits per heavy atom. The Morgan fingerprint density at radius 1 is 1.03 bits per heavy atom. The van der Waals surface area contributed by atoms with Gasteiger partial charge in [0.1, 0.15) is 12.4 Å². The van der Waals surface area contributed by atoms with E-state index in [4.69, 9.17) is 21.1 Å². The third kappa shape index (κ3) is 4.30. The summed E-state index contributed by atoms with van der Waals surface area (Å²) in [5.74, 6) is -1.49. The van der Waals surface area contributed by atoms with E-state index < -0.39 is 29.3 Å². The van der Waals surface area contributed by atoms with Gasteiger partial charge in [0.15, 0.2) is 6.61 Å². The maximum atomic E-state index is 12.4. The summed E-state index contributed by atoms with van der Waals surface area (Å²) in [6.07, 6.45) is -3.68. The Morgan fingerprint density at radius 3 is 2.14 bits per heavy atom. The van der Waals surface area contributed by atoms with E-state index in [0.717, 1.165) is 0 Å². The number of halogens is 4. The molecular formula is C19H20ClF3N2O4. The van der Waals surface area contributed by atoms with Crippen LogP contribution in [0.1, 0.15) is 25.7 Å². The van der Waals surface area contributed by atoms with Crippen LogP contribution >= 0.6 is 11.6 Å². The van der Waals surface area contributed by atoms with Gasteiger partial charge in [0, 0.05) is 5.02 Å². The zero-order chi connectivity index (χ0) is 20.9. The molecule has 4 rings (SSSR count). The molecule has 1 aromatic rings. The van der Waals surface area contributed by atoms with Crippen molar-refractivity contribution in [2.24, 2.45) is 5.92 Å². The van der Waals surface area contributed by atoms with Gasteiger partial charge in [-0.3, -0.25) is 9.59 Å². The molecule has 2 amide bonds. The van der Waals surface area contributed by atoms with Crippen molar-refractivity contribution >= 4 is 23.4 Å². The minimum Gasteiger partial charge on any atom is -0.484 e. The monoisotopic (exact) mass is 432 g/mol. The van der Waals surface area contributed by atoms with Crippen molar-refractivity contribution in [2.45, 2.75) is 49.0 Å². The van der Waals surface area contributed by atoms with Crippen LogP contribution in [0.3, 0.4) is 0 Å². The van der Waals surface area contributed by atoms with Gasteiger partial charge in [0.25, 0.3) is 5.91 Å². The molecule has 3 aliphatic rings. The Labute approximate surface area is 170 Å². The Kier molecular flexibility index (Phi) is 4.93. The van der Waals surface area contributed by atoms with Gasteiger partial charge in [-0.15, -0.1) is 0 Å². The number of amides is 2. The molecule has 0 saturated heterocycles. The van der Waals surface area contributed by atoms with E-state index in [1.165, 1.54) is 0 Å². The number of hydrogen-bond acceptors (Lipinski definition) is 4. The molecule has 6 nitrogen and oxygen atoms in total. The summed E-state index contributed by atoms with van der Waals surface area (Å²) in [4.78, 5) is 24.1. The van der Waals surface area contributed by atoms with Crippen molar-refractivity contribution in [3.05, 3.63) is 29.3 Å². The van der Waals surface area contributed by atoms with Crippen molar-refractivity contribution in [1.82, 2.24) is 10.6 Å². The summed E-state index contributed by atoms with van der Waals surface area (Å²) >= 11 is 5.78. The van der Waals surface area contributed by atoms with Gasteiger partial charge in [-0.2, -0.15) is 13.2 Å². The second kappa shape index (κ2) is 7.05. The zero-order valence-corrected chi connectivity index (χ0v) is 16.1. The number of carbonyl (C=O) groups is 2. The molecule has 0 unspecified atom stereocenters. The molecule has 10 heteroatoms. The number of carbonyl (C=O) groups excluding carboxylic acids is 2. The van der Waals surface area contributed by atoms with Crippen molar-refractivity contribution in [2.75, 3.05) is 13.2 Å². The maximum absolute atomic E-state index is 12.4. The molecule has 1 aromatic carbocycles. The van der Waals surface area contributed by atoms with Gasteiger partial charge in [-0.05, 0) is 49.9 Å². The molecule has 2 N–H and O–H groups in total. The van der Waals surface area contributed by atoms with E-state index in [9.17, 15) is 22.8 Å². The number of rotatable bonds is 8. The van der Waals surface area contributed by atoms with Gasteiger partial charge in [0.2, 0.25) is 5.91 Å². The van der Waals surface area contributed by atoms with Gasteiger partial charge in [-0.25, -0.2) is 0 Å². The van der Waals surface area contributed by atoms with Crippen molar-refractivity contribution in [1.29, 1.82) is 0 Å². The average Bonchev–Trinajstić information content (AvgIpc) is 3.36. The molecular weight excluding hydrogens is 413 g/mol. The quantitative estimate of drug-likeness (QED) is 0.662. The van der Waals surface area contributed by atoms with E-state index in [1.54, 1.807) is 24.3 Å². The van der Waals surface area contributed by atoms with Crippen LogP contribution in [0.2, 0.25) is 5.02 Å². The standard InChI is InChI=1S/C19H20ClF3N2O4/c20-12-1-3-13(4-2-12)28-7-15(26)24-17-9-18(17,10-17)25-16(27)8-29-14-5-11(6-14)19(21,22)23/h1-4,11,14H,5-10H2,(H,24,26)(H,25,27). The van der Waals surface area contributed by atoms with Crippen LogP contribution in [-0.4, -0.2) is 48.4 Å². The largest absolute Gasteiger partial charge is 0.484 e. The second-order valence-corrected chi connectivity index (χ2v) is 8.44. The lowest BCUT2D eigenvalue weighted by Gasteiger charge is -2.36. The van der Waals surface area contributed by atoms with E-state index in [0.29, 0.717) is 23.6 Å². The molecule has 29 heavy (non-hydrogen) atoms. The fourth-order valence-electron chi connectivity index (χ4n) is 3.75. The first-order valence-corrected chi connectivity index (χ1v) is 9.67. The maximum Gasteiger partial charge on any atom is 0.392 e. The molecule has 158 valence electrons. The summed E-state index contributed by atoms with van der Waals surface area (Å²) in [7, 11) is 0. The fraction of sp³-hybridized carbons (Fsp3) is 0.579. The number of alkyl halides is 3. The molecule has 3 saturated carbocycles. The summed E-state index contributed by atoms with van der Waals surface area (Å²) in [5, 5.41) is 6.26. The minimum absolute atomic E-state index is 0.102. The van der Waals surface area contributed by atoms with Gasteiger partial charge < -0.3 is 20.1 Å². The summed E-state index contributed by atoms with van der Waals surface area (Å²) in [6.45, 7) is -0.431. The SMILES string of the molecule is O=C(COc1ccc(Cl)cc1)NC12CC1(NC(=O)COC1CC(C(F)(F)F)C1)C2. The molecule has 0 atom stereocenters. The van der Waals surface area contributed by atoms with E-state index in [2.05, 4.69) is 10.6 Å². The van der Waals surface area contributed by atoms with E-state index in [-0.39, 0.29) is 37.9 Å². The highest BCUT2D eigenvalue weighted by Crippen LogP contribution is 2.70. The minimum atomic E-state index is -4.20. The zero-order valence-electron chi connectivity index (χ0n) is 15.4. The number of ether oxygens (including phenoxy) is 2. The van der Waals surface area contributed by atoms with Crippen molar-refractivity contribution < 1.29 is 32.2 Å². The molecule has 0 aliphatic heterocycles. The van der Waals surface area contributed by atoms with Crippen LogP contribution in [0.15, 0.2) is 24.3 Å². The number of nitrogens with one attached hydrogen (secondary N) is 2. The third-order valence-electron chi connectivity index (χ3n) is 5.82. The Bertz CT molecular complexity index is 803. The second-order valence-electron chi connectivity index (χ2n) is 8.00. The summed E-state index contributed by atoms with van der Waals surface area (Å²) in [5.41, 5.74) is -0.904. The van der Waals surface area contributed by atoms with Crippen molar-refractivity contribution in [3.63, 3.8) is 0 Å². The van der Waals surface area contributed by atoms with Crippen LogP contribution in [-0.2, 0) is 14.3 Å². The lowest BCUT2D eigenvalue weighted by Crippen LogP contribution is -2.43. The Balaban J connectivity index is 1.13. The Hall–Kier alpha value is -2.00. The van der Waals surface area contributed by atoms with Crippen LogP contribution in [0, 0.1) is 5.92 Å². The number of hydrogen-bond donors (Lipinski definition) is 2. The molecule has 0 radical (unpaired) electrons. The van der Waals surface area contributed by atoms with Crippen LogP contribution < -0.4 is 15.4 Å².